The van der Waals surface area contributed by atoms with Crippen molar-refractivity contribution in [2.24, 2.45) is 0 Å². The highest BCUT2D eigenvalue weighted by Crippen LogP contribution is 2.32. The summed E-state index contributed by atoms with van der Waals surface area (Å²) in [6.07, 6.45) is 0. The fraction of sp³-hybridized carbons (Fsp3) is 0.167. The first-order chi connectivity index (χ1) is 10.5. The molecule has 0 aliphatic rings. The fourth-order valence-electron chi connectivity index (χ4n) is 2.46. The van der Waals surface area contributed by atoms with Crippen LogP contribution < -0.4 is 5.43 Å². The minimum Gasteiger partial charge on any atom is -0.508 e. The highest BCUT2D eigenvalue weighted by atomic mass is 79.9. The predicted octanol–water partition coefficient (Wildman–Crippen LogP) is 5.05. The van der Waals surface area contributed by atoms with Gasteiger partial charge in [0.2, 0.25) is 0 Å². The third-order valence-electron chi connectivity index (χ3n) is 3.64. The van der Waals surface area contributed by atoms with Gasteiger partial charge < -0.3 is 9.52 Å². The Labute approximate surface area is 136 Å². The van der Waals surface area contributed by atoms with E-state index in [1.807, 2.05) is 26.0 Å². The molecule has 1 heterocycles. The number of hydrogen-bond acceptors (Lipinski definition) is 3. The SMILES string of the molecule is CC(C)c1cc(-c2cc(=O)c3cccc(Br)c3o2)ccc1O. The van der Waals surface area contributed by atoms with E-state index in [2.05, 4.69) is 15.9 Å². The van der Waals surface area contributed by atoms with Crippen LogP contribution in [0.1, 0.15) is 25.3 Å². The first-order valence-electron chi connectivity index (χ1n) is 7.03. The molecule has 0 fully saturated rings. The summed E-state index contributed by atoms with van der Waals surface area (Å²) in [5.74, 6) is 0.924. The van der Waals surface area contributed by atoms with Gasteiger partial charge in [-0.3, -0.25) is 4.79 Å². The lowest BCUT2D eigenvalue weighted by Gasteiger charge is -2.11. The van der Waals surface area contributed by atoms with Gasteiger partial charge in [0.25, 0.3) is 0 Å². The maximum Gasteiger partial charge on any atom is 0.193 e. The molecule has 0 bridgehead atoms. The smallest absolute Gasteiger partial charge is 0.193 e. The summed E-state index contributed by atoms with van der Waals surface area (Å²) in [4.78, 5) is 12.3. The molecule has 0 radical (unpaired) electrons. The Morgan fingerprint density at radius 1 is 1.14 bits per heavy atom. The van der Waals surface area contributed by atoms with E-state index in [0.29, 0.717) is 16.7 Å². The average Bonchev–Trinajstić information content (AvgIpc) is 2.48. The molecule has 0 unspecified atom stereocenters. The van der Waals surface area contributed by atoms with E-state index < -0.39 is 0 Å². The van der Waals surface area contributed by atoms with Crippen molar-refractivity contribution >= 4 is 26.9 Å². The molecule has 112 valence electrons. The van der Waals surface area contributed by atoms with E-state index >= 15 is 0 Å². The molecule has 2 aromatic carbocycles. The zero-order valence-electron chi connectivity index (χ0n) is 12.3. The van der Waals surface area contributed by atoms with E-state index in [1.165, 1.54) is 6.07 Å². The molecular weight excluding hydrogens is 344 g/mol. The number of hydrogen-bond donors (Lipinski definition) is 1. The Morgan fingerprint density at radius 2 is 1.91 bits per heavy atom. The lowest BCUT2D eigenvalue weighted by Crippen LogP contribution is -2.00. The van der Waals surface area contributed by atoms with Gasteiger partial charge >= 0.3 is 0 Å². The number of benzene rings is 2. The largest absolute Gasteiger partial charge is 0.508 e. The standard InChI is InChI=1S/C18H15BrO3/c1-10(2)13-8-11(6-7-15(13)20)17-9-16(21)12-4-3-5-14(19)18(12)22-17/h3-10,20H,1-2H3. The van der Waals surface area contributed by atoms with Gasteiger partial charge in [-0.05, 0) is 57.7 Å². The molecule has 22 heavy (non-hydrogen) atoms. The van der Waals surface area contributed by atoms with E-state index in [0.717, 1.165) is 15.6 Å². The highest BCUT2D eigenvalue weighted by molar-refractivity contribution is 9.10. The molecular formula is C18H15BrO3. The zero-order valence-corrected chi connectivity index (χ0v) is 13.8. The predicted molar refractivity (Wildman–Crippen MR) is 91.4 cm³/mol. The maximum atomic E-state index is 12.3. The molecule has 0 saturated heterocycles. The van der Waals surface area contributed by atoms with Gasteiger partial charge in [0.15, 0.2) is 11.0 Å². The maximum absolute atomic E-state index is 12.3. The Hall–Kier alpha value is -2.07. The van der Waals surface area contributed by atoms with Crippen LogP contribution in [-0.2, 0) is 0 Å². The van der Waals surface area contributed by atoms with Crippen LogP contribution in [0.25, 0.3) is 22.3 Å². The first-order valence-corrected chi connectivity index (χ1v) is 7.82. The van der Waals surface area contributed by atoms with Crippen molar-refractivity contribution in [1.82, 2.24) is 0 Å². The monoisotopic (exact) mass is 358 g/mol. The summed E-state index contributed by atoms with van der Waals surface area (Å²) >= 11 is 3.41. The molecule has 4 heteroatoms. The summed E-state index contributed by atoms with van der Waals surface area (Å²) in [6.45, 7) is 4.01. The molecule has 3 nitrogen and oxygen atoms in total. The quantitative estimate of drug-likeness (QED) is 0.697. The second-order valence-corrected chi connectivity index (χ2v) is 6.37. The molecule has 1 aromatic heterocycles. The third kappa shape index (κ3) is 2.55. The van der Waals surface area contributed by atoms with E-state index in [9.17, 15) is 9.90 Å². The van der Waals surface area contributed by atoms with Crippen molar-refractivity contribution in [2.45, 2.75) is 19.8 Å². The molecule has 3 rings (SSSR count). The molecule has 3 aromatic rings. The lowest BCUT2D eigenvalue weighted by atomic mass is 9.98. The van der Waals surface area contributed by atoms with Gasteiger partial charge in [0.1, 0.15) is 11.5 Å². The van der Waals surface area contributed by atoms with E-state index in [-0.39, 0.29) is 17.1 Å². The Bertz CT molecular complexity index is 910. The number of phenolic OH excluding ortho intramolecular Hbond substituents is 1. The Morgan fingerprint density at radius 3 is 2.64 bits per heavy atom. The van der Waals surface area contributed by atoms with Crippen LogP contribution in [0.4, 0.5) is 0 Å². The van der Waals surface area contributed by atoms with Gasteiger partial charge in [-0.25, -0.2) is 0 Å². The summed E-state index contributed by atoms with van der Waals surface area (Å²) < 4.78 is 6.65. The second-order valence-electron chi connectivity index (χ2n) is 5.52. The molecule has 0 aliphatic heterocycles. The van der Waals surface area contributed by atoms with Crippen molar-refractivity contribution < 1.29 is 9.52 Å². The molecule has 0 amide bonds. The number of halogens is 1. The van der Waals surface area contributed by atoms with Gasteiger partial charge in [0, 0.05) is 11.6 Å². The van der Waals surface area contributed by atoms with Crippen molar-refractivity contribution in [3.05, 3.63) is 62.7 Å². The topological polar surface area (TPSA) is 50.4 Å². The van der Waals surface area contributed by atoms with Gasteiger partial charge in [-0.15, -0.1) is 0 Å². The summed E-state index contributed by atoms with van der Waals surface area (Å²) in [5, 5.41) is 10.5. The first kappa shape index (κ1) is 14.9. The highest BCUT2D eigenvalue weighted by Gasteiger charge is 2.12. The normalized spacial score (nSPS) is 11.3. The van der Waals surface area contributed by atoms with Gasteiger partial charge in [0.05, 0.1) is 9.86 Å². The van der Waals surface area contributed by atoms with Crippen LogP contribution >= 0.6 is 15.9 Å². The minimum absolute atomic E-state index is 0.0864. The minimum atomic E-state index is -0.0864. The van der Waals surface area contributed by atoms with E-state index in [1.54, 1.807) is 24.3 Å². The van der Waals surface area contributed by atoms with Crippen molar-refractivity contribution in [1.29, 1.82) is 0 Å². The number of fused-ring (bicyclic) bond motifs is 1. The molecule has 0 saturated carbocycles. The molecule has 1 N–H and O–H groups in total. The van der Waals surface area contributed by atoms with Crippen molar-refractivity contribution in [3.8, 4) is 17.1 Å². The van der Waals surface area contributed by atoms with Crippen LogP contribution in [-0.4, -0.2) is 5.11 Å². The lowest BCUT2D eigenvalue weighted by molar-refractivity contribution is 0.465. The second kappa shape index (κ2) is 5.61. The van der Waals surface area contributed by atoms with Crippen LogP contribution in [0.15, 0.2) is 56.1 Å². The van der Waals surface area contributed by atoms with E-state index in [4.69, 9.17) is 4.42 Å². The fourth-order valence-corrected chi connectivity index (χ4v) is 2.90. The number of phenols is 1. The Balaban J connectivity index is 2.25. The number of aromatic hydroxyl groups is 1. The zero-order chi connectivity index (χ0) is 15.9. The molecule has 0 spiro atoms. The van der Waals surface area contributed by atoms with Crippen molar-refractivity contribution in [2.75, 3.05) is 0 Å². The summed E-state index contributed by atoms with van der Waals surface area (Å²) in [5.41, 5.74) is 2.05. The molecule has 0 aliphatic carbocycles. The average molecular weight is 359 g/mol. The van der Waals surface area contributed by atoms with Crippen molar-refractivity contribution in [3.63, 3.8) is 0 Å². The number of para-hydroxylation sites is 1. The third-order valence-corrected chi connectivity index (χ3v) is 4.27. The van der Waals surface area contributed by atoms with Crippen LogP contribution in [0.5, 0.6) is 5.75 Å². The number of rotatable bonds is 2. The summed E-state index contributed by atoms with van der Waals surface area (Å²) in [6, 6.07) is 12.1. The molecule has 0 atom stereocenters. The van der Waals surface area contributed by atoms with Gasteiger partial charge in [-0.2, -0.15) is 0 Å². The Kier molecular flexibility index (Phi) is 3.79. The van der Waals surface area contributed by atoms with Crippen LogP contribution in [0, 0.1) is 0 Å². The van der Waals surface area contributed by atoms with Crippen LogP contribution in [0.2, 0.25) is 0 Å². The summed E-state index contributed by atoms with van der Waals surface area (Å²) in [7, 11) is 0. The van der Waals surface area contributed by atoms with Gasteiger partial charge in [-0.1, -0.05) is 19.9 Å². The van der Waals surface area contributed by atoms with Crippen LogP contribution in [0.3, 0.4) is 0 Å².